The number of esters is 1. The van der Waals surface area contributed by atoms with Gasteiger partial charge in [-0.2, -0.15) is 0 Å². The van der Waals surface area contributed by atoms with Gasteiger partial charge in [-0.25, -0.2) is 4.79 Å². The van der Waals surface area contributed by atoms with Gasteiger partial charge in [-0.3, -0.25) is 0 Å². The van der Waals surface area contributed by atoms with Gasteiger partial charge in [0, 0.05) is 6.08 Å². The summed E-state index contributed by atoms with van der Waals surface area (Å²) >= 11 is 0. The zero-order chi connectivity index (χ0) is 19.1. The first-order valence-electron chi connectivity index (χ1n) is 11.7. The highest BCUT2D eigenvalue weighted by Crippen LogP contribution is 2.49. The number of carbonyl (C=O) groups is 1. The highest BCUT2D eigenvalue weighted by atomic mass is 16.5. The Kier molecular flexibility index (Phi) is 8.03. The van der Waals surface area contributed by atoms with Crippen LogP contribution in [0, 0.1) is 35.5 Å². The lowest BCUT2D eigenvalue weighted by Crippen LogP contribution is -2.34. The van der Waals surface area contributed by atoms with Crippen LogP contribution in [-0.4, -0.2) is 12.6 Å². The second-order valence-electron chi connectivity index (χ2n) is 9.29. The highest BCUT2D eigenvalue weighted by Gasteiger charge is 2.38. The van der Waals surface area contributed by atoms with E-state index < -0.39 is 0 Å². The molecule has 2 nitrogen and oxygen atoms in total. The molecule has 4 unspecified atom stereocenters. The van der Waals surface area contributed by atoms with Gasteiger partial charge in [0.15, 0.2) is 0 Å². The van der Waals surface area contributed by atoms with Crippen molar-refractivity contribution in [2.24, 2.45) is 35.5 Å². The molecule has 0 amide bonds. The Morgan fingerprint density at radius 3 is 2.07 bits per heavy atom. The maximum atomic E-state index is 11.5. The van der Waals surface area contributed by atoms with E-state index in [0.29, 0.717) is 12.5 Å². The molecule has 0 aromatic carbocycles. The van der Waals surface area contributed by atoms with Gasteiger partial charge in [0.1, 0.15) is 0 Å². The quantitative estimate of drug-likeness (QED) is 0.294. The molecule has 3 aliphatic rings. The van der Waals surface area contributed by atoms with E-state index in [4.69, 9.17) is 4.74 Å². The summed E-state index contributed by atoms with van der Waals surface area (Å²) in [6.07, 6.45) is 23.9. The van der Waals surface area contributed by atoms with Crippen LogP contribution >= 0.6 is 0 Å². The lowest BCUT2D eigenvalue weighted by Gasteiger charge is -2.45. The van der Waals surface area contributed by atoms with Gasteiger partial charge in [0.05, 0.1) is 6.61 Å². The van der Waals surface area contributed by atoms with Crippen LogP contribution in [0.25, 0.3) is 0 Å². The Hall–Kier alpha value is -1.05. The van der Waals surface area contributed by atoms with Gasteiger partial charge in [-0.05, 0) is 113 Å². The lowest BCUT2D eigenvalue weighted by atomic mass is 9.61. The molecule has 0 saturated heterocycles. The number of rotatable bonds is 6. The molecule has 0 radical (unpaired) electrons. The number of fused-ring (bicyclic) bond motifs is 1. The van der Waals surface area contributed by atoms with E-state index in [1.807, 2.05) is 6.92 Å². The molecule has 3 saturated carbocycles. The van der Waals surface area contributed by atoms with Crippen LogP contribution < -0.4 is 0 Å². The molecule has 0 bridgehead atoms. The number of hydrogen-bond donors (Lipinski definition) is 0. The molecule has 3 aliphatic carbocycles. The smallest absolute Gasteiger partial charge is 0.330 e. The first-order valence-corrected chi connectivity index (χ1v) is 11.7. The molecule has 0 spiro atoms. The monoisotopic (exact) mass is 372 g/mol. The molecule has 0 N–H and O–H groups in total. The minimum atomic E-state index is -0.178. The van der Waals surface area contributed by atoms with E-state index in [0.717, 1.165) is 29.6 Å². The average Bonchev–Trinajstić information content (AvgIpc) is 2.71. The largest absolute Gasteiger partial charge is 0.463 e. The fourth-order valence-corrected chi connectivity index (χ4v) is 6.11. The van der Waals surface area contributed by atoms with Gasteiger partial charge >= 0.3 is 5.97 Å². The van der Waals surface area contributed by atoms with E-state index in [2.05, 4.69) is 25.2 Å². The van der Waals surface area contributed by atoms with Crippen LogP contribution in [0.1, 0.15) is 84.5 Å². The lowest BCUT2D eigenvalue weighted by molar-refractivity contribution is -0.137. The van der Waals surface area contributed by atoms with Crippen molar-refractivity contribution in [3.63, 3.8) is 0 Å². The van der Waals surface area contributed by atoms with Crippen LogP contribution in [0.5, 0.6) is 0 Å². The van der Waals surface area contributed by atoms with Gasteiger partial charge in [-0.1, -0.05) is 25.2 Å². The van der Waals surface area contributed by atoms with Crippen LogP contribution in [0.2, 0.25) is 0 Å². The SMILES string of the molecule is CCC=CC1CCC2CC(C3CCC(C=CC(=O)OCC)CC3)CCC2C1. The van der Waals surface area contributed by atoms with E-state index in [1.165, 1.54) is 70.6 Å². The Balaban J connectivity index is 1.42. The molecule has 4 atom stereocenters. The number of allylic oxidation sites excluding steroid dienone is 3. The first-order chi connectivity index (χ1) is 13.2. The van der Waals surface area contributed by atoms with Crippen molar-refractivity contribution < 1.29 is 9.53 Å². The molecule has 0 heterocycles. The molecule has 27 heavy (non-hydrogen) atoms. The predicted molar refractivity (Wildman–Crippen MR) is 112 cm³/mol. The minimum absolute atomic E-state index is 0.178. The molecule has 0 aromatic heterocycles. The van der Waals surface area contributed by atoms with E-state index >= 15 is 0 Å². The Morgan fingerprint density at radius 2 is 1.37 bits per heavy atom. The summed E-state index contributed by atoms with van der Waals surface area (Å²) in [5.74, 6) is 5.20. The second kappa shape index (κ2) is 10.5. The molecular weight excluding hydrogens is 332 g/mol. The fraction of sp³-hybridized carbons (Fsp3) is 0.800. The van der Waals surface area contributed by atoms with Crippen molar-refractivity contribution in [3.05, 3.63) is 24.3 Å². The molecule has 3 rings (SSSR count). The summed E-state index contributed by atoms with van der Waals surface area (Å²) in [7, 11) is 0. The van der Waals surface area contributed by atoms with Crippen molar-refractivity contribution in [1.82, 2.24) is 0 Å². The third kappa shape index (κ3) is 5.96. The van der Waals surface area contributed by atoms with Gasteiger partial charge in [0.2, 0.25) is 0 Å². The number of carbonyl (C=O) groups excluding carboxylic acids is 1. The van der Waals surface area contributed by atoms with Crippen LogP contribution in [-0.2, 0) is 9.53 Å². The second-order valence-corrected chi connectivity index (χ2v) is 9.29. The van der Waals surface area contributed by atoms with E-state index in [9.17, 15) is 4.79 Å². The summed E-state index contributed by atoms with van der Waals surface area (Å²) in [6, 6.07) is 0. The van der Waals surface area contributed by atoms with Crippen LogP contribution in [0.15, 0.2) is 24.3 Å². The highest BCUT2D eigenvalue weighted by molar-refractivity contribution is 5.81. The van der Waals surface area contributed by atoms with Crippen molar-refractivity contribution in [3.8, 4) is 0 Å². The summed E-state index contributed by atoms with van der Waals surface area (Å²) in [6.45, 7) is 4.57. The number of ether oxygens (including phenoxy) is 1. The number of hydrogen-bond acceptors (Lipinski definition) is 2. The zero-order valence-electron chi connectivity index (χ0n) is 17.6. The molecule has 0 aromatic rings. The topological polar surface area (TPSA) is 26.3 Å². The van der Waals surface area contributed by atoms with Crippen molar-refractivity contribution in [1.29, 1.82) is 0 Å². The summed E-state index contributed by atoms with van der Waals surface area (Å²) in [4.78, 5) is 11.5. The van der Waals surface area contributed by atoms with Gasteiger partial charge in [0.25, 0.3) is 0 Å². The van der Waals surface area contributed by atoms with Crippen LogP contribution in [0.3, 0.4) is 0 Å². The summed E-state index contributed by atoms with van der Waals surface area (Å²) in [5.41, 5.74) is 0. The standard InChI is InChI=1S/C25H40O2/c1-3-5-6-20-9-13-24-18-23(15-14-22(24)17-20)21-11-7-19(8-12-21)10-16-25(26)27-4-2/h5-6,10,16,19-24H,3-4,7-9,11-15,17-18H2,1-2H3. The Labute approximate surface area is 166 Å². The molecule has 3 fully saturated rings. The van der Waals surface area contributed by atoms with Gasteiger partial charge < -0.3 is 4.74 Å². The summed E-state index contributed by atoms with van der Waals surface area (Å²) < 4.78 is 5.00. The van der Waals surface area contributed by atoms with Crippen molar-refractivity contribution >= 4 is 5.97 Å². The molecule has 2 heteroatoms. The maximum Gasteiger partial charge on any atom is 0.330 e. The minimum Gasteiger partial charge on any atom is -0.463 e. The zero-order valence-corrected chi connectivity index (χ0v) is 17.6. The Bertz CT molecular complexity index is 512. The normalized spacial score (nSPS) is 37.4. The third-order valence-electron chi connectivity index (χ3n) is 7.61. The molecule has 152 valence electrons. The van der Waals surface area contributed by atoms with Crippen LogP contribution in [0.4, 0.5) is 0 Å². The molecular formula is C25H40O2. The predicted octanol–water partition coefficient (Wildman–Crippen LogP) is 6.71. The average molecular weight is 373 g/mol. The van der Waals surface area contributed by atoms with E-state index in [1.54, 1.807) is 6.08 Å². The molecule has 0 aliphatic heterocycles. The fourth-order valence-electron chi connectivity index (χ4n) is 6.11. The van der Waals surface area contributed by atoms with Gasteiger partial charge in [-0.15, -0.1) is 0 Å². The van der Waals surface area contributed by atoms with Crippen molar-refractivity contribution in [2.45, 2.75) is 84.5 Å². The van der Waals surface area contributed by atoms with Crippen molar-refractivity contribution in [2.75, 3.05) is 6.61 Å². The van der Waals surface area contributed by atoms with E-state index in [-0.39, 0.29) is 5.97 Å². The Morgan fingerprint density at radius 1 is 0.778 bits per heavy atom. The first kappa shape index (κ1) is 20.7. The third-order valence-corrected chi connectivity index (χ3v) is 7.61. The maximum absolute atomic E-state index is 11.5. The summed E-state index contributed by atoms with van der Waals surface area (Å²) in [5, 5.41) is 0.